The Kier molecular flexibility index (Phi) is 15.9. The summed E-state index contributed by atoms with van der Waals surface area (Å²) >= 11 is 19.1. The summed E-state index contributed by atoms with van der Waals surface area (Å²) in [7, 11) is 2.14. The molecule has 0 unspecified atom stereocenters. The first-order valence-corrected chi connectivity index (χ1v) is 19.8. The van der Waals surface area contributed by atoms with Crippen LogP contribution < -0.4 is 0 Å². The molecule has 0 aliphatic carbocycles. The van der Waals surface area contributed by atoms with Crippen LogP contribution in [0.4, 0.5) is 9.59 Å². The van der Waals surface area contributed by atoms with Crippen LogP contribution >= 0.6 is 62.7 Å². The molecule has 2 aromatic carbocycles. The van der Waals surface area contributed by atoms with Crippen LogP contribution in [0.3, 0.4) is 0 Å². The number of hydrogen-bond donors (Lipinski definition) is 2. The van der Waals surface area contributed by atoms with Gasteiger partial charge in [-0.3, -0.25) is 0 Å². The molecule has 49 heavy (non-hydrogen) atoms. The number of phenolic OH excluding ortho intramolecular Hbond substituents is 2. The highest BCUT2D eigenvalue weighted by Gasteiger charge is 2.31. The molecule has 274 valence electrons. The van der Waals surface area contributed by atoms with Crippen LogP contribution in [-0.2, 0) is 9.47 Å². The molecule has 0 spiro atoms. The predicted molar refractivity (Wildman–Crippen MR) is 205 cm³/mol. The number of aromatic hydroxyl groups is 2. The van der Waals surface area contributed by atoms with Crippen molar-refractivity contribution in [2.24, 2.45) is 0 Å². The van der Waals surface area contributed by atoms with Crippen molar-refractivity contribution in [2.45, 2.75) is 97.1 Å². The second kappa shape index (κ2) is 18.7. The van der Waals surface area contributed by atoms with E-state index in [1.165, 1.54) is 12.5 Å². The molecule has 2 aromatic rings. The fourth-order valence-electron chi connectivity index (χ4n) is 5.05. The standard InChI is InChI=1S/C15H20ClNO3S.C11H14ClNOS.C9H16BrNO2/c1-15(2,3)20-14(19)17-7-6-11(9-17)21-13-5-4-10(18)8-12(13)16;1-13-5-4-9(7-13)15-11-3-2-8(14)6-10(11)12;1-9(2,3)13-8(12)11-5-4-7(10)6-11/h4-5,8,11,18H,6-7,9H2,1-3H3;2-3,6,9,14H,4-5,7H2,1H3;7H,4-6H2,1-3H3/t11-;9-;7-/m110/s1. The lowest BCUT2D eigenvalue weighted by Gasteiger charge is -2.24. The molecule has 2 amide bonds. The molecule has 3 saturated heterocycles. The smallest absolute Gasteiger partial charge is 0.410 e. The third-order valence-corrected chi connectivity index (χ3v) is 11.6. The predicted octanol–water partition coefficient (Wildman–Crippen LogP) is 9.38. The molecule has 3 heterocycles. The van der Waals surface area contributed by atoms with Crippen molar-refractivity contribution in [1.29, 1.82) is 0 Å². The minimum Gasteiger partial charge on any atom is -0.508 e. The number of alkyl halides is 1. The van der Waals surface area contributed by atoms with Gasteiger partial charge in [0.15, 0.2) is 0 Å². The quantitative estimate of drug-likeness (QED) is 0.292. The molecule has 0 bridgehead atoms. The van der Waals surface area contributed by atoms with Gasteiger partial charge in [0.05, 0.1) is 10.0 Å². The van der Waals surface area contributed by atoms with E-state index in [4.69, 9.17) is 32.7 Å². The zero-order valence-corrected chi connectivity index (χ0v) is 34.1. The normalized spacial score (nSPS) is 21.1. The SMILES string of the molecule is CC(C)(C)OC(=O)N1CC[C@@H](Sc2ccc(O)cc2Cl)C1.CC(C)(C)OC(=O)N1CC[C@H](Br)C1.CN1CC[C@@H](Sc2ccc(O)cc2Cl)C1. The number of carbonyl (C=O) groups is 2. The van der Waals surface area contributed by atoms with Crippen molar-refractivity contribution in [3.63, 3.8) is 0 Å². The Morgan fingerprint density at radius 1 is 0.735 bits per heavy atom. The highest BCUT2D eigenvalue weighted by molar-refractivity contribution is 9.09. The summed E-state index contributed by atoms with van der Waals surface area (Å²) in [6.07, 6.45) is 2.66. The Balaban J connectivity index is 0.000000206. The van der Waals surface area contributed by atoms with Crippen LogP contribution in [0.2, 0.25) is 10.0 Å². The Hall–Kier alpha value is -1.70. The van der Waals surface area contributed by atoms with Gasteiger partial charge in [0.1, 0.15) is 22.7 Å². The summed E-state index contributed by atoms with van der Waals surface area (Å²) in [6, 6.07) is 10.1. The highest BCUT2D eigenvalue weighted by atomic mass is 79.9. The van der Waals surface area contributed by atoms with Gasteiger partial charge in [-0.1, -0.05) is 39.1 Å². The molecule has 0 saturated carbocycles. The Morgan fingerprint density at radius 3 is 1.55 bits per heavy atom. The van der Waals surface area contributed by atoms with E-state index in [2.05, 4.69) is 27.9 Å². The lowest BCUT2D eigenvalue weighted by atomic mass is 10.2. The first-order chi connectivity index (χ1) is 22.8. The fourth-order valence-corrected chi connectivity index (χ4v) is 8.60. The summed E-state index contributed by atoms with van der Waals surface area (Å²) in [6.45, 7) is 16.4. The molecule has 0 aromatic heterocycles. The third kappa shape index (κ3) is 15.2. The monoisotopic (exact) mass is 821 g/mol. The van der Waals surface area contributed by atoms with Crippen molar-refractivity contribution in [3.8, 4) is 11.5 Å². The summed E-state index contributed by atoms with van der Waals surface area (Å²) in [4.78, 5) is 31.7. The second-order valence-corrected chi connectivity index (χ2v) is 19.1. The average molecular weight is 824 g/mol. The average Bonchev–Trinajstić information content (AvgIpc) is 3.72. The maximum Gasteiger partial charge on any atom is 0.410 e. The van der Waals surface area contributed by atoms with E-state index >= 15 is 0 Å². The number of ether oxygens (including phenoxy) is 2. The number of hydrogen-bond acceptors (Lipinski definition) is 9. The van der Waals surface area contributed by atoms with Crippen LogP contribution in [0.25, 0.3) is 0 Å². The molecule has 2 N–H and O–H groups in total. The first kappa shape index (κ1) is 41.7. The summed E-state index contributed by atoms with van der Waals surface area (Å²) in [5.41, 5.74) is -0.857. The number of carbonyl (C=O) groups excluding carboxylic acids is 2. The van der Waals surface area contributed by atoms with Crippen LogP contribution in [0, 0.1) is 0 Å². The van der Waals surface area contributed by atoms with E-state index < -0.39 is 5.60 Å². The van der Waals surface area contributed by atoms with Gasteiger partial charge in [0.2, 0.25) is 0 Å². The highest BCUT2D eigenvalue weighted by Crippen LogP contribution is 2.37. The van der Waals surface area contributed by atoms with Gasteiger partial charge >= 0.3 is 12.2 Å². The van der Waals surface area contributed by atoms with Crippen molar-refractivity contribution < 1.29 is 29.3 Å². The number of likely N-dealkylation sites (tertiary alicyclic amines) is 3. The molecule has 3 aliphatic heterocycles. The van der Waals surface area contributed by atoms with Gasteiger partial charge in [-0.25, -0.2) is 9.59 Å². The van der Waals surface area contributed by atoms with Gasteiger partial charge in [-0.15, -0.1) is 23.5 Å². The molecule has 9 nitrogen and oxygen atoms in total. The zero-order valence-electron chi connectivity index (χ0n) is 29.4. The number of nitrogens with zero attached hydrogens (tertiary/aromatic N) is 3. The van der Waals surface area contributed by atoms with Gasteiger partial charge in [0, 0.05) is 57.8 Å². The Labute approximate surface area is 318 Å². The lowest BCUT2D eigenvalue weighted by molar-refractivity contribution is 0.0285. The number of amides is 2. The number of halogens is 3. The van der Waals surface area contributed by atoms with Gasteiger partial charge < -0.3 is 34.4 Å². The molecule has 3 aliphatic rings. The molecule has 5 rings (SSSR count). The molecule has 3 fully saturated rings. The molecule has 0 radical (unpaired) electrons. The maximum absolute atomic E-state index is 12.0. The van der Waals surface area contributed by atoms with Crippen LogP contribution in [-0.4, -0.2) is 110 Å². The molecule has 14 heteroatoms. The minimum atomic E-state index is -0.470. The van der Waals surface area contributed by atoms with E-state index in [0.29, 0.717) is 38.5 Å². The van der Waals surface area contributed by atoms with E-state index in [9.17, 15) is 19.8 Å². The minimum absolute atomic E-state index is 0.158. The van der Waals surface area contributed by atoms with E-state index in [1.54, 1.807) is 57.6 Å². The fraction of sp³-hybridized carbons (Fsp3) is 0.600. The first-order valence-electron chi connectivity index (χ1n) is 16.4. The number of thioether (sulfide) groups is 2. The third-order valence-electron chi connectivity index (χ3n) is 7.35. The lowest BCUT2D eigenvalue weighted by Crippen LogP contribution is -2.35. The van der Waals surface area contributed by atoms with Gasteiger partial charge in [0.25, 0.3) is 0 Å². The molecular formula is C35H50BrCl2N3O6S2. The van der Waals surface area contributed by atoms with E-state index in [0.717, 1.165) is 48.8 Å². The molecule has 3 atom stereocenters. The summed E-state index contributed by atoms with van der Waals surface area (Å²) < 4.78 is 10.6. The second-order valence-electron chi connectivity index (χ2n) is 14.3. The maximum atomic E-state index is 12.0. The van der Waals surface area contributed by atoms with E-state index in [1.807, 2.05) is 47.6 Å². The Bertz CT molecular complexity index is 1410. The van der Waals surface area contributed by atoms with Crippen molar-refractivity contribution in [1.82, 2.24) is 14.7 Å². The van der Waals surface area contributed by atoms with Crippen molar-refractivity contribution in [3.05, 3.63) is 46.4 Å². The Morgan fingerprint density at radius 2 is 1.16 bits per heavy atom. The summed E-state index contributed by atoms with van der Waals surface area (Å²) in [5, 5.41) is 20.7. The van der Waals surface area contributed by atoms with Crippen molar-refractivity contribution >= 4 is 74.8 Å². The molecular weight excluding hydrogens is 773 g/mol. The largest absolute Gasteiger partial charge is 0.508 e. The van der Waals surface area contributed by atoms with Crippen LogP contribution in [0.5, 0.6) is 11.5 Å². The van der Waals surface area contributed by atoms with Crippen molar-refractivity contribution in [2.75, 3.05) is 46.3 Å². The van der Waals surface area contributed by atoms with Crippen LogP contribution in [0.15, 0.2) is 46.2 Å². The number of benzene rings is 2. The number of phenols is 2. The van der Waals surface area contributed by atoms with Crippen LogP contribution in [0.1, 0.15) is 60.8 Å². The van der Waals surface area contributed by atoms with Gasteiger partial charge in [-0.2, -0.15) is 0 Å². The van der Waals surface area contributed by atoms with E-state index in [-0.39, 0.29) is 29.3 Å². The zero-order chi connectivity index (χ0) is 36.5. The number of rotatable bonds is 4. The van der Waals surface area contributed by atoms with Gasteiger partial charge in [-0.05, 0) is 111 Å². The summed E-state index contributed by atoms with van der Waals surface area (Å²) in [5.74, 6) is 0.388. The topological polar surface area (TPSA) is 103 Å².